The molecule has 0 fully saturated rings. The maximum atomic E-state index is 5.60. The van der Waals surface area contributed by atoms with E-state index >= 15 is 0 Å². The van der Waals surface area contributed by atoms with Crippen LogP contribution in [0.15, 0.2) is 30.3 Å². The molecule has 34 heavy (non-hydrogen) atoms. The summed E-state index contributed by atoms with van der Waals surface area (Å²) in [7, 11) is 5.44. The summed E-state index contributed by atoms with van der Waals surface area (Å²) in [6.07, 6.45) is 4.56. The minimum Gasteiger partial charge on any atom is -0.497 e. The van der Waals surface area contributed by atoms with E-state index < -0.39 is 0 Å². The Bertz CT molecular complexity index is 1340. The topological polar surface area (TPSA) is 64.8 Å². The molecule has 0 saturated heterocycles. The second-order valence-corrected chi connectivity index (χ2v) is 10.5. The van der Waals surface area contributed by atoms with Crippen molar-refractivity contribution in [2.75, 3.05) is 32.7 Å². The van der Waals surface area contributed by atoms with Crippen molar-refractivity contribution in [1.29, 1.82) is 0 Å². The highest BCUT2D eigenvalue weighted by molar-refractivity contribution is 7.16. The van der Waals surface area contributed by atoms with Gasteiger partial charge in [-0.05, 0) is 42.8 Å². The molecule has 0 amide bonds. The zero-order chi connectivity index (χ0) is 24.5. The lowest BCUT2D eigenvalue weighted by Crippen LogP contribution is -2.22. The predicted octanol–water partition coefficient (Wildman–Crippen LogP) is 4.95. The summed E-state index contributed by atoms with van der Waals surface area (Å²) in [6, 6.07) is 10.00. The van der Waals surface area contributed by atoms with Gasteiger partial charge in [-0.1, -0.05) is 34.1 Å². The normalized spacial score (nSPS) is 12.5. The number of benzene rings is 1. The fraction of sp³-hybridized carbons (Fsp3) is 0.423. The third-order valence-corrected chi connectivity index (χ3v) is 6.96. The minimum absolute atomic E-state index is 0.166. The standard InChI is InChI=1S/C26H33N5O2S/c1-8-9-14-30(5)22-13-11-18(34-22)16-20-23(26(2,3)4)29-31-24(27-28-25(20)31)19-15-17(32-6)10-12-21(19)33-7/h10-13,15-16H,8-9,14H2,1-7H3/b20-16-. The van der Waals surface area contributed by atoms with Crippen LogP contribution in [0.5, 0.6) is 11.5 Å². The lowest BCUT2D eigenvalue weighted by Gasteiger charge is -2.16. The van der Waals surface area contributed by atoms with Crippen LogP contribution >= 0.6 is 11.3 Å². The summed E-state index contributed by atoms with van der Waals surface area (Å²) in [4.78, 5) is 3.49. The Morgan fingerprint density at radius 2 is 1.88 bits per heavy atom. The summed E-state index contributed by atoms with van der Waals surface area (Å²) in [5.74, 6) is 2.04. The van der Waals surface area contributed by atoms with Gasteiger partial charge < -0.3 is 14.4 Å². The average molecular weight is 480 g/mol. The molecule has 3 aromatic heterocycles. The van der Waals surface area contributed by atoms with Crippen molar-refractivity contribution in [3.05, 3.63) is 46.1 Å². The van der Waals surface area contributed by atoms with Gasteiger partial charge in [-0.25, -0.2) is 0 Å². The number of fused-ring (bicyclic) bond motifs is 1. The first-order valence-corrected chi connectivity index (χ1v) is 12.4. The van der Waals surface area contributed by atoms with E-state index in [1.54, 1.807) is 25.6 Å². The second kappa shape index (κ2) is 9.62. The third kappa shape index (κ3) is 4.59. The van der Waals surface area contributed by atoms with Crippen molar-refractivity contribution in [1.82, 2.24) is 19.8 Å². The number of nitrogens with zero attached hydrogens (tertiary/aromatic N) is 5. The zero-order valence-electron chi connectivity index (χ0n) is 21.0. The molecule has 4 aromatic rings. The van der Waals surface area contributed by atoms with Gasteiger partial charge in [0.25, 0.3) is 0 Å². The first-order valence-electron chi connectivity index (χ1n) is 11.6. The number of unbranched alkanes of at least 4 members (excludes halogenated alkanes) is 1. The number of hydrogen-bond donors (Lipinski definition) is 0. The molecule has 7 nitrogen and oxygen atoms in total. The van der Waals surface area contributed by atoms with Gasteiger partial charge in [-0.3, -0.25) is 0 Å². The van der Waals surface area contributed by atoms with Crippen molar-refractivity contribution >= 4 is 28.1 Å². The number of rotatable bonds is 8. The summed E-state index contributed by atoms with van der Waals surface area (Å²) in [5, 5.41) is 16.3. The largest absolute Gasteiger partial charge is 0.497 e. The maximum absolute atomic E-state index is 5.60. The Morgan fingerprint density at radius 3 is 2.56 bits per heavy atom. The molecule has 0 aliphatic carbocycles. The number of aromatic nitrogens is 4. The summed E-state index contributed by atoms with van der Waals surface area (Å²) < 4.78 is 12.9. The Balaban J connectivity index is 1.86. The van der Waals surface area contributed by atoms with Crippen molar-refractivity contribution in [2.45, 2.75) is 46.0 Å². The Morgan fingerprint density at radius 1 is 1.09 bits per heavy atom. The molecule has 0 N–H and O–H groups in total. The monoisotopic (exact) mass is 479 g/mol. The van der Waals surface area contributed by atoms with Crippen LogP contribution < -0.4 is 19.6 Å². The molecule has 8 heteroatoms. The van der Waals surface area contributed by atoms with E-state index in [1.165, 1.54) is 22.7 Å². The summed E-state index contributed by atoms with van der Waals surface area (Å²) in [5.41, 5.74) is 2.34. The highest BCUT2D eigenvalue weighted by Gasteiger charge is 2.25. The highest BCUT2D eigenvalue weighted by Crippen LogP contribution is 2.33. The molecular formula is C26H33N5O2S. The first kappa shape index (κ1) is 24.0. The number of thiophene rings is 1. The quantitative estimate of drug-likeness (QED) is 0.356. The Hall–Kier alpha value is -3.13. The molecule has 0 aliphatic rings. The fourth-order valence-electron chi connectivity index (χ4n) is 3.92. The number of hydrogen-bond acceptors (Lipinski definition) is 7. The molecule has 0 unspecified atom stereocenters. The summed E-state index contributed by atoms with van der Waals surface area (Å²) >= 11 is 1.78. The molecule has 0 atom stereocenters. The lowest BCUT2D eigenvalue weighted by molar-refractivity contribution is 0.404. The molecule has 0 aliphatic heterocycles. The van der Waals surface area contributed by atoms with Crippen LogP contribution in [0.25, 0.3) is 23.1 Å². The van der Waals surface area contributed by atoms with Crippen LogP contribution in [0.1, 0.15) is 51.1 Å². The van der Waals surface area contributed by atoms with Gasteiger partial charge in [0.2, 0.25) is 0 Å². The van der Waals surface area contributed by atoms with Gasteiger partial charge >= 0.3 is 0 Å². The molecule has 1 aromatic carbocycles. The van der Waals surface area contributed by atoms with E-state index in [-0.39, 0.29) is 5.41 Å². The van der Waals surface area contributed by atoms with Crippen LogP contribution in [-0.2, 0) is 5.41 Å². The molecule has 0 bridgehead atoms. The number of methoxy groups -OCH3 is 2. The predicted molar refractivity (Wildman–Crippen MR) is 139 cm³/mol. The number of anilines is 1. The van der Waals surface area contributed by atoms with Crippen LogP contribution in [0.2, 0.25) is 0 Å². The molecule has 3 heterocycles. The fourth-order valence-corrected chi connectivity index (χ4v) is 4.86. The second-order valence-electron chi connectivity index (χ2n) is 9.43. The van der Waals surface area contributed by atoms with Crippen LogP contribution in [0.4, 0.5) is 5.00 Å². The lowest BCUT2D eigenvalue weighted by atomic mass is 9.91. The molecule has 0 radical (unpaired) electrons. The van der Waals surface area contributed by atoms with Gasteiger partial charge in [0.1, 0.15) is 11.5 Å². The Kier molecular flexibility index (Phi) is 6.79. The van der Waals surface area contributed by atoms with E-state index in [2.05, 4.69) is 68.0 Å². The smallest absolute Gasteiger partial charge is 0.189 e. The number of ether oxygens (including phenoxy) is 2. The molecular weight excluding hydrogens is 446 g/mol. The van der Waals surface area contributed by atoms with Gasteiger partial charge in [-0.2, -0.15) is 9.61 Å². The van der Waals surface area contributed by atoms with Crippen molar-refractivity contribution in [3.8, 4) is 22.9 Å². The maximum Gasteiger partial charge on any atom is 0.189 e. The third-order valence-electron chi connectivity index (χ3n) is 5.82. The zero-order valence-corrected chi connectivity index (χ0v) is 21.9. The van der Waals surface area contributed by atoms with E-state index in [1.807, 2.05) is 22.7 Å². The molecule has 0 saturated carbocycles. The van der Waals surface area contributed by atoms with Crippen molar-refractivity contribution in [2.24, 2.45) is 0 Å². The van der Waals surface area contributed by atoms with Gasteiger partial charge in [0, 0.05) is 29.1 Å². The molecule has 4 rings (SSSR count). The van der Waals surface area contributed by atoms with Gasteiger partial charge in [0.15, 0.2) is 11.5 Å². The SMILES string of the molecule is CCCCN(C)c1ccc(/C=c2/c(C(C)(C)C)nn3c(-c4cc(OC)ccc4OC)nnc23)s1. The van der Waals surface area contributed by atoms with Crippen LogP contribution in [0.3, 0.4) is 0 Å². The van der Waals surface area contributed by atoms with E-state index in [0.717, 1.165) is 34.4 Å². The molecule has 0 spiro atoms. The van der Waals surface area contributed by atoms with Crippen molar-refractivity contribution < 1.29 is 9.47 Å². The van der Waals surface area contributed by atoms with Gasteiger partial charge in [-0.15, -0.1) is 21.5 Å². The molecule has 180 valence electrons. The van der Waals surface area contributed by atoms with Crippen LogP contribution in [0, 0.1) is 0 Å². The minimum atomic E-state index is -0.166. The summed E-state index contributed by atoms with van der Waals surface area (Å²) in [6.45, 7) is 9.79. The van der Waals surface area contributed by atoms with Crippen LogP contribution in [-0.4, -0.2) is 47.6 Å². The first-order chi connectivity index (χ1) is 16.3. The van der Waals surface area contributed by atoms with E-state index in [4.69, 9.17) is 14.6 Å². The van der Waals surface area contributed by atoms with Crippen molar-refractivity contribution in [3.63, 3.8) is 0 Å². The van der Waals surface area contributed by atoms with E-state index in [9.17, 15) is 0 Å². The Labute approximate surface area is 205 Å². The highest BCUT2D eigenvalue weighted by atomic mass is 32.1. The average Bonchev–Trinajstić information content (AvgIpc) is 3.53. The van der Waals surface area contributed by atoms with Gasteiger partial charge in [0.05, 0.1) is 30.5 Å². The van der Waals surface area contributed by atoms with E-state index in [0.29, 0.717) is 11.6 Å².